The summed E-state index contributed by atoms with van der Waals surface area (Å²) < 4.78 is 5.16. The van der Waals surface area contributed by atoms with E-state index in [1.165, 1.54) is 6.08 Å². The molecule has 0 radical (unpaired) electrons. The number of nitrogens with one attached hydrogen (secondary N) is 1. The molecule has 0 unspecified atom stereocenters. The molecule has 0 bridgehead atoms. The molecule has 130 valence electrons. The van der Waals surface area contributed by atoms with Gasteiger partial charge in [0.2, 0.25) is 5.91 Å². The van der Waals surface area contributed by atoms with E-state index in [9.17, 15) is 9.59 Å². The van der Waals surface area contributed by atoms with E-state index in [1.54, 1.807) is 30.3 Å². The molecule has 0 saturated heterocycles. The van der Waals surface area contributed by atoms with Crippen molar-refractivity contribution in [3.63, 3.8) is 0 Å². The van der Waals surface area contributed by atoms with Gasteiger partial charge in [-0.25, -0.2) is 0 Å². The number of carbonyl (C=O) groups is 2. The van der Waals surface area contributed by atoms with Gasteiger partial charge in [0.05, 0.1) is 0 Å². The number of hydrogen-bond donors (Lipinski definition) is 2. The third-order valence-corrected chi connectivity index (χ3v) is 3.57. The largest absolute Gasteiger partial charge is 0.484 e. The Kier molecular flexibility index (Phi) is 7.04. The fourth-order valence-electron chi connectivity index (χ4n) is 2.04. The van der Waals surface area contributed by atoms with Crippen LogP contribution in [0.2, 0.25) is 5.02 Å². The summed E-state index contributed by atoms with van der Waals surface area (Å²) >= 11 is 5.83. The smallest absolute Gasteiger partial charge is 0.255 e. The highest BCUT2D eigenvalue weighted by molar-refractivity contribution is 6.30. The number of carbonyl (C=O) groups excluding carboxylic acids is 2. The molecule has 6 heteroatoms. The topological polar surface area (TPSA) is 81.4 Å². The zero-order valence-electron chi connectivity index (χ0n) is 13.6. The molecule has 0 spiro atoms. The summed E-state index contributed by atoms with van der Waals surface area (Å²) in [5, 5.41) is 3.52. The molecule has 0 atom stereocenters. The fraction of sp³-hybridized carbons (Fsp3) is 0.158. The maximum atomic E-state index is 11.8. The van der Waals surface area contributed by atoms with Crippen LogP contribution in [0.25, 0.3) is 6.08 Å². The van der Waals surface area contributed by atoms with Crippen LogP contribution < -0.4 is 15.8 Å². The van der Waals surface area contributed by atoms with Gasteiger partial charge in [0, 0.05) is 17.6 Å². The summed E-state index contributed by atoms with van der Waals surface area (Å²) in [5.74, 6) is -0.148. The number of ether oxygens (including phenoxy) is 1. The number of hydrogen-bond acceptors (Lipinski definition) is 3. The first-order chi connectivity index (χ1) is 12.0. The van der Waals surface area contributed by atoms with Gasteiger partial charge in [0.15, 0.2) is 6.61 Å². The normalized spacial score (nSPS) is 10.6. The van der Waals surface area contributed by atoms with E-state index < -0.39 is 5.91 Å². The van der Waals surface area contributed by atoms with Gasteiger partial charge < -0.3 is 15.8 Å². The molecule has 2 aromatic rings. The van der Waals surface area contributed by atoms with Crippen molar-refractivity contribution in [3.8, 4) is 5.75 Å². The third-order valence-electron chi connectivity index (χ3n) is 3.31. The molecule has 0 aliphatic rings. The van der Waals surface area contributed by atoms with E-state index in [0.717, 1.165) is 17.5 Å². The van der Waals surface area contributed by atoms with Crippen LogP contribution in [0.5, 0.6) is 5.75 Å². The maximum Gasteiger partial charge on any atom is 0.255 e. The lowest BCUT2D eigenvalue weighted by Crippen LogP contribution is -2.23. The fourth-order valence-corrected chi connectivity index (χ4v) is 2.17. The second kappa shape index (κ2) is 9.49. The van der Waals surface area contributed by atoms with Gasteiger partial charge in [0.25, 0.3) is 5.91 Å². The Balaban J connectivity index is 1.75. The number of primary amides is 1. The molecule has 2 rings (SSSR count). The summed E-state index contributed by atoms with van der Waals surface area (Å²) in [4.78, 5) is 22.5. The van der Waals surface area contributed by atoms with Gasteiger partial charge in [-0.1, -0.05) is 35.9 Å². The van der Waals surface area contributed by atoms with E-state index in [2.05, 4.69) is 5.32 Å². The maximum absolute atomic E-state index is 11.8. The molecular formula is C19H19ClN2O3. The van der Waals surface area contributed by atoms with Gasteiger partial charge in [0.1, 0.15) is 5.75 Å². The van der Waals surface area contributed by atoms with Gasteiger partial charge in [-0.3, -0.25) is 9.59 Å². The second-order valence-electron chi connectivity index (χ2n) is 5.32. The third kappa shape index (κ3) is 7.10. The standard InChI is InChI=1S/C19H19ClN2O3/c20-16-6-1-15(2-7-16)11-12-22-19(24)10-5-14-3-8-17(9-4-14)25-13-18(21)23/h1-10H,11-13H2,(H2,21,23)(H,22,24)/b10-5+. The van der Waals surface area contributed by atoms with Crippen molar-refractivity contribution in [2.75, 3.05) is 13.2 Å². The Morgan fingerprint density at radius 2 is 1.76 bits per heavy atom. The van der Waals surface area contributed by atoms with Crippen LogP contribution in [-0.4, -0.2) is 25.0 Å². The molecule has 25 heavy (non-hydrogen) atoms. The van der Waals surface area contributed by atoms with E-state index in [4.69, 9.17) is 22.1 Å². The van der Waals surface area contributed by atoms with Crippen molar-refractivity contribution in [2.24, 2.45) is 5.73 Å². The van der Waals surface area contributed by atoms with Gasteiger partial charge in [-0.15, -0.1) is 0 Å². The lowest BCUT2D eigenvalue weighted by atomic mass is 10.1. The van der Waals surface area contributed by atoms with E-state index in [-0.39, 0.29) is 12.5 Å². The van der Waals surface area contributed by atoms with E-state index in [0.29, 0.717) is 17.3 Å². The zero-order valence-corrected chi connectivity index (χ0v) is 14.3. The highest BCUT2D eigenvalue weighted by Gasteiger charge is 1.99. The Morgan fingerprint density at radius 1 is 1.08 bits per heavy atom. The molecule has 2 aromatic carbocycles. The van der Waals surface area contributed by atoms with Crippen LogP contribution >= 0.6 is 11.6 Å². The molecule has 0 aliphatic carbocycles. The van der Waals surface area contributed by atoms with Crippen LogP contribution in [-0.2, 0) is 16.0 Å². The van der Waals surface area contributed by atoms with Crippen molar-refractivity contribution in [2.45, 2.75) is 6.42 Å². The minimum Gasteiger partial charge on any atom is -0.484 e. The average molecular weight is 359 g/mol. The van der Waals surface area contributed by atoms with Crippen molar-refractivity contribution in [1.29, 1.82) is 0 Å². The number of rotatable bonds is 8. The number of amides is 2. The zero-order chi connectivity index (χ0) is 18.1. The van der Waals surface area contributed by atoms with E-state index >= 15 is 0 Å². The van der Waals surface area contributed by atoms with Crippen molar-refractivity contribution in [1.82, 2.24) is 5.32 Å². The quantitative estimate of drug-likeness (QED) is 0.711. The van der Waals surface area contributed by atoms with Crippen LogP contribution in [0.1, 0.15) is 11.1 Å². The minimum atomic E-state index is -0.528. The average Bonchev–Trinajstić information content (AvgIpc) is 2.61. The van der Waals surface area contributed by atoms with Gasteiger partial charge in [-0.05, 0) is 47.9 Å². The van der Waals surface area contributed by atoms with Crippen LogP contribution in [0.3, 0.4) is 0 Å². The molecule has 0 fully saturated rings. The summed E-state index contributed by atoms with van der Waals surface area (Å²) in [6, 6.07) is 14.5. The summed E-state index contributed by atoms with van der Waals surface area (Å²) in [5.41, 5.74) is 6.97. The van der Waals surface area contributed by atoms with Crippen molar-refractivity contribution >= 4 is 29.5 Å². The molecule has 2 amide bonds. The lowest BCUT2D eigenvalue weighted by molar-refractivity contribution is -0.120. The summed E-state index contributed by atoms with van der Waals surface area (Å²) in [6.07, 6.45) is 3.92. The Hall–Kier alpha value is -2.79. The summed E-state index contributed by atoms with van der Waals surface area (Å²) in [6.45, 7) is 0.385. The predicted octanol–water partition coefficient (Wildman–Crippen LogP) is 2.58. The van der Waals surface area contributed by atoms with Crippen LogP contribution in [0, 0.1) is 0 Å². The molecule has 5 nitrogen and oxygen atoms in total. The number of nitrogens with two attached hydrogens (primary N) is 1. The SMILES string of the molecule is NC(=O)COc1ccc(/C=C/C(=O)NCCc2ccc(Cl)cc2)cc1. The Bertz CT molecular complexity index is 740. The molecule has 0 heterocycles. The first kappa shape index (κ1) is 18.5. The van der Waals surface area contributed by atoms with Gasteiger partial charge >= 0.3 is 0 Å². The summed E-state index contributed by atoms with van der Waals surface area (Å²) in [7, 11) is 0. The monoisotopic (exact) mass is 358 g/mol. The minimum absolute atomic E-state index is 0.161. The Morgan fingerprint density at radius 3 is 2.40 bits per heavy atom. The predicted molar refractivity (Wildman–Crippen MR) is 98.3 cm³/mol. The molecule has 0 saturated carbocycles. The van der Waals surface area contributed by atoms with Crippen molar-refractivity contribution < 1.29 is 14.3 Å². The lowest BCUT2D eigenvalue weighted by Gasteiger charge is -2.04. The molecular weight excluding hydrogens is 340 g/mol. The highest BCUT2D eigenvalue weighted by Crippen LogP contribution is 2.13. The number of benzene rings is 2. The van der Waals surface area contributed by atoms with Gasteiger partial charge in [-0.2, -0.15) is 0 Å². The van der Waals surface area contributed by atoms with Crippen LogP contribution in [0.4, 0.5) is 0 Å². The first-order valence-electron chi connectivity index (χ1n) is 7.74. The van der Waals surface area contributed by atoms with Crippen LogP contribution in [0.15, 0.2) is 54.6 Å². The Labute approximate surface area is 151 Å². The number of halogens is 1. The molecule has 0 aliphatic heterocycles. The highest BCUT2D eigenvalue weighted by atomic mass is 35.5. The first-order valence-corrected chi connectivity index (χ1v) is 8.12. The van der Waals surface area contributed by atoms with E-state index in [1.807, 2.05) is 24.3 Å². The molecule has 3 N–H and O–H groups in total. The second-order valence-corrected chi connectivity index (χ2v) is 5.76. The molecule has 0 aromatic heterocycles. The van der Waals surface area contributed by atoms with Crippen molar-refractivity contribution in [3.05, 3.63) is 70.8 Å².